The summed E-state index contributed by atoms with van der Waals surface area (Å²) in [4.78, 5) is 3.23. The van der Waals surface area contributed by atoms with E-state index < -0.39 is 20.7 Å². The zero-order chi connectivity index (χ0) is 22.7. The third-order valence-corrected chi connectivity index (χ3v) is 7.11. The van der Waals surface area contributed by atoms with Crippen LogP contribution in [0, 0.1) is 17.6 Å². The molecule has 168 valence electrons. The van der Waals surface area contributed by atoms with Gasteiger partial charge in [0.2, 0.25) is 0 Å². The zero-order valence-corrected chi connectivity index (χ0v) is 18.9. The first-order valence-electron chi connectivity index (χ1n) is 9.53. The number of aromatic nitrogens is 1. The molecule has 0 amide bonds. The van der Waals surface area contributed by atoms with Gasteiger partial charge in [-0.25, -0.2) is 22.2 Å². The molecule has 11 heteroatoms. The summed E-state index contributed by atoms with van der Waals surface area (Å²) in [6.07, 6.45) is 1.99. The number of thiazole rings is 1. The van der Waals surface area contributed by atoms with Gasteiger partial charge in [-0.2, -0.15) is 0 Å². The molecule has 32 heavy (non-hydrogen) atoms. The summed E-state index contributed by atoms with van der Waals surface area (Å²) in [6.45, 7) is 1.43. The second-order valence-corrected chi connectivity index (χ2v) is 9.80. The van der Waals surface area contributed by atoms with Crippen LogP contribution in [-0.2, 0) is 10.0 Å². The number of nitrogens with one attached hydrogen (secondary N) is 2. The molecular weight excluding hydrogens is 480 g/mol. The van der Waals surface area contributed by atoms with Gasteiger partial charge >= 0.3 is 0 Å². The molecule has 2 heterocycles. The van der Waals surface area contributed by atoms with Gasteiger partial charge in [0.1, 0.15) is 22.3 Å². The van der Waals surface area contributed by atoms with E-state index in [-0.39, 0.29) is 34.9 Å². The third kappa shape index (κ3) is 5.09. The average Bonchev–Trinajstić information content (AvgIpc) is 3.27. The maximum atomic E-state index is 14.7. The summed E-state index contributed by atoms with van der Waals surface area (Å²) in [6, 6.07) is 8.14. The van der Waals surface area contributed by atoms with E-state index in [1.165, 1.54) is 34.4 Å². The number of rotatable bonds is 7. The monoisotopic (exact) mass is 497 g/mol. The van der Waals surface area contributed by atoms with Crippen molar-refractivity contribution in [3.05, 3.63) is 75.6 Å². The minimum atomic E-state index is -4.21. The maximum Gasteiger partial charge on any atom is 0.266 e. The van der Waals surface area contributed by atoms with Crippen LogP contribution in [0.25, 0.3) is 5.57 Å². The van der Waals surface area contributed by atoms with E-state index in [2.05, 4.69) is 15.0 Å². The van der Waals surface area contributed by atoms with Gasteiger partial charge in [0.05, 0.1) is 17.1 Å². The fourth-order valence-corrected chi connectivity index (χ4v) is 5.26. The molecule has 0 spiro atoms. The number of benzene rings is 2. The molecule has 1 aromatic heterocycles. The summed E-state index contributed by atoms with van der Waals surface area (Å²) < 4.78 is 60.9. The number of halogens is 3. The highest BCUT2D eigenvalue weighted by Crippen LogP contribution is 2.33. The largest absolute Gasteiger partial charge is 0.491 e. The van der Waals surface area contributed by atoms with Gasteiger partial charge in [0.25, 0.3) is 10.0 Å². The molecule has 0 radical (unpaired) electrons. The lowest BCUT2D eigenvalue weighted by molar-refractivity contribution is 0.273. The molecule has 0 fully saturated rings. The van der Waals surface area contributed by atoms with E-state index in [4.69, 9.17) is 16.3 Å². The topological polar surface area (TPSA) is 80.3 Å². The Bertz CT molecular complexity index is 1230. The number of nitrogens with zero attached hydrogens (tertiary/aromatic N) is 1. The van der Waals surface area contributed by atoms with E-state index in [1.807, 2.05) is 6.08 Å². The van der Waals surface area contributed by atoms with E-state index in [0.717, 1.165) is 23.3 Å². The Hall–Kier alpha value is -2.53. The van der Waals surface area contributed by atoms with Crippen LogP contribution >= 0.6 is 22.9 Å². The van der Waals surface area contributed by atoms with Crippen LogP contribution in [0.3, 0.4) is 0 Å². The van der Waals surface area contributed by atoms with Crippen molar-refractivity contribution in [3.8, 4) is 5.75 Å². The molecule has 0 bridgehead atoms. The van der Waals surface area contributed by atoms with E-state index >= 15 is 0 Å². The Morgan fingerprint density at radius 1 is 1.25 bits per heavy atom. The molecule has 6 nitrogen and oxygen atoms in total. The maximum absolute atomic E-state index is 14.7. The molecule has 1 aliphatic heterocycles. The Labute approximate surface area is 193 Å². The SMILES string of the molecule is O=S(=O)(Nc1cscn1)c1cc(Cl)c(OCC2CNCC=C2c2ccc(F)cc2)cc1F. The summed E-state index contributed by atoms with van der Waals surface area (Å²) in [5.41, 5.74) is 3.30. The molecule has 1 unspecified atom stereocenters. The number of ether oxygens (including phenoxy) is 1. The smallest absolute Gasteiger partial charge is 0.266 e. The fourth-order valence-electron chi connectivity index (χ4n) is 3.33. The molecule has 1 aliphatic rings. The van der Waals surface area contributed by atoms with E-state index in [0.29, 0.717) is 13.1 Å². The van der Waals surface area contributed by atoms with Crippen LogP contribution in [0.15, 0.2) is 58.3 Å². The first-order chi connectivity index (χ1) is 15.3. The number of anilines is 1. The lowest BCUT2D eigenvalue weighted by atomic mass is 9.90. The first kappa shape index (κ1) is 22.7. The Kier molecular flexibility index (Phi) is 6.75. The molecule has 0 aliphatic carbocycles. The van der Waals surface area contributed by atoms with Gasteiger partial charge in [-0.3, -0.25) is 4.72 Å². The normalized spacial score (nSPS) is 16.5. The molecule has 0 saturated carbocycles. The van der Waals surface area contributed by atoms with Gasteiger partial charge in [0.15, 0.2) is 5.82 Å². The fraction of sp³-hybridized carbons (Fsp3) is 0.190. The molecule has 4 rings (SSSR count). The highest BCUT2D eigenvalue weighted by Gasteiger charge is 2.24. The predicted octanol–water partition coefficient (Wildman–Crippen LogP) is 4.56. The van der Waals surface area contributed by atoms with Gasteiger partial charge in [-0.05, 0) is 29.3 Å². The minimum Gasteiger partial charge on any atom is -0.491 e. The van der Waals surface area contributed by atoms with Crippen molar-refractivity contribution in [2.24, 2.45) is 5.92 Å². The first-order valence-corrected chi connectivity index (χ1v) is 12.3. The van der Waals surface area contributed by atoms with Crippen molar-refractivity contribution in [1.82, 2.24) is 10.3 Å². The van der Waals surface area contributed by atoms with Gasteiger partial charge in [0, 0.05) is 30.5 Å². The summed E-state index contributed by atoms with van der Waals surface area (Å²) in [5.74, 6) is -1.29. The highest BCUT2D eigenvalue weighted by molar-refractivity contribution is 7.92. The summed E-state index contributed by atoms with van der Waals surface area (Å²) >= 11 is 7.41. The van der Waals surface area contributed by atoms with Crippen molar-refractivity contribution in [3.63, 3.8) is 0 Å². The molecule has 2 aromatic carbocycles. The quantitative estimate of drug-likeness (QED) is 0.500. The van der Waals surface area contributed by atoms with Crippen LogP contribution < -0.4 is 14.8 Å². The van der Waals surface area contributed by atoms with E-state index in [9.17, 15) is 17.2 Å². The number of hydrogen-bond acceptors (Lipinski definition) is 6. The Morgan fingerprint density at radius 3 is 2.75 bits per heavy atom. The van der Waals surface area contributed by atoms with E-state index in [1.54, 1.807) is 12.1 Å². The predicted molar refractivity (Wildman–Crippen MR) is 121 cm³/mol. The van der Waals surface area contributed by atoms with Gasteiger partial charge in [-0.1, -0.05) is 29.8 Å². The summed E-state index contributed by atoms with van der Waals surface area (Å²) in [5, 5.41) is 4.67. The van der Waals surface area contributed by atoms with Crippen LogP contribution in [0.5, 0.6) is 5.75 Å². The number of hydrogen-bond donors (Lipinski definition) is 2. The van der Waals surface area contributed by atoms with Crippen LogP contribution in [0.1, 0.15) is 5.56 Å². The van der Waals surface area contributed by atoms with Crippen LogP contribution in [0.2, 0.25) is 5.02 Å². The van der Waals surface area contributed by atoms with Crippen molar-refractivity contribution >= 4 is 44.4 Å². The van der Waals surface area contributed by atoms with Crippen molar-refractivity contribution in [1.29, 1.82) is 0 Å². The Morgan fingerprint density at radius 2 is 2.03 bits per heavy atom. The molecule has 1 atom stereocenters. The van der Waals surface area contributed by atoms with Crippen molar-refractivity contribution in [2.75, 3.05) is 24.4 Å². The minimum absolute atomic E-state index is 0.0285. The number of sulfonamides is 1. The van der Waals surface area contributed by atoms with Gasteiger partial charge in [-0.15, -0.1) is 11.3 Å². The lowest BCUT2D eigenvalue weighted by Crippen LogP contribution is -2.32. The van der Waals surface area contributed by atoms with Crippen molar-refractivity contribution in [2.45, 2.75) is 4.90 Å². The standard InChI is InChI=1S/C21H18ClF2N3O3S2/c22-17-7-20(32(28,29)27-21-11-31-12-26-21)18(24)8-19(17)30-10-14-9-25-6-5-16(14)13-1-3-15(23)4-2-13/h1-5,7-8,11-12,14,25,27H,6,9-10H2. The van der Waals surface area contributed by atoms with Crippen LogP contribution in [-0.4, -0.2) is 33.1 Å². The lowest BCUT2D eigenvalue weighted by Gasteiger charge is -2.26. The second-order valence-electron chi connectivity index (χ2n) is 7.02. The molecular formula is C21H18ClF2N3O3S2. The third-order valence-electron chi connectivity index (χ3n) is 4.86. The second kappa shape index (κ2) is 9.53. The highest BCUT2D eigenvalue weighted by atomic mass is 35.5. The molecule has 2 N–H and O–H groups in total. The molecule has 3 aromatic rings. The summed E-state index contributed by atoms with van der Waals surface area (Å²) in [7, 11) is -4.21. The molecule has 0 saturated heterocycles. The van der Waals surface area contributed by atoms with Crippen molar-refractivity contribution < 1.29 is 21.9 Å². The zero-order valence-electron chi connectivity index (χ0n) is 16.5. The van der Waals surface area contributed by atoms with Crippen LogP contribution in [0.4, 0.5) is 14.6 Å². The average molecular weight is 498 g/mol. The Balaban J connectivity index is 1.51. The van der Waals surface area contributed by atoms with Gasteiger partial charge < -0.3 is 10.1 Å².